The van der Waals surface area contributed by atoms with Crippen molar-refractivity contribution in [2.75, 3.05) is 7.05 Å². The van der Waals surface area contributed by atoms with E-state index in [2.05, 4.69) is 25.6 Å². The number of H-pyrrole nitrogens is 3. The van der Waals surface area contributed by atoms with Crippen LogP contribution in [0.4, 0.5) is 0 Å². The molecule has 6 rings (SSSR count). The van der Waals surface area contributed by atoms with Crippen LogP contribution >= 0.6 is 0 Å². The van der Waals surface area contributed by atoms with Crippen LogP contribution in [0.1, 0.15) is 28.4 Å². The number of para-hydroxylation sites is 3. The number of fused-ring (bicyclic) bond motifs is 3. The number of hydrogen-bond acceptors (Lipinski definition) is 3. The van der Waals surface area contributed by atoms with Gasteiger partial charge < -0.3 is 25.6 Å². The molecule has 194 valence electrons. The molecule has 1 atom stereocenters. The molecule has 39 heavy (non-hydrogen) atoms. The Morgan fingerprint density at radius 3 is 1.69 bits per heavy atom. The second-order valence-electron chi connectivity index (χ2n) is 9.75. The Bertz CT molecular complexity index is 1800. The average Bonchev–Trinajstić information content (AvgIpc) is 3.71. The summed E-state index contributed by atoms with van der Waals surface area (Å²) in [6.45, 7) is 1.82. The lowest BCUT2D eigenvalue weighted by molar-refractivity contribution is -0.129. The quantitative estimate of drug-likeness (QED) is 0.158. The highest BCUT2D eigenvalue weighted by molar-refractivity contribution is 6.20. The summed E-state index contributed by atoms with van der Waals surface area (Å²) in [6, 6.07) is 21.4. The van der Waals surface area contributed by atoms with Crippen LogP contribution in [0.3, 0.4) is 0 Å². The van der Waals surface area contributed by atoms with Gasteiger partial charge in [-0.3, -0.25) is 14.4 Å². The number of carbonyl (C=O) groups excluding carboxylic acids is 3. The maximum absolute atomic E-state index is 14.4. The van der Waals surface area contributed by atoms with Crippen LogP contribution in [0.5, 0.6) is 0 Å². The molecule has 3 heterocycles. The molecule has 0 saturated carbocycles. The third-order valence-electron chi connectivity index (χ3n) is 7.61. The van der Waals surface area contributed by atoms with Crippen molar-refractivity contribution in [2.45, 2.75) is 18.4 Å². The molecule has 0 aliphatic heterocycles. The third-order valence-corrected chi connectivity index (χ3v) is 7.61. The topological polar surface area (TPSA) is 123 Å². The van der Waals surface area contributed by atoms with E-state index in [0.717, 1.165) is 38.4 Å². The van der Waals surface area contributed by atoms with Gasteiger partial charge in [0.1, 0.15) is 5.41 Å². The van der Waals surface area contributed by atoms with Gasteiger partial charge in [0.05, 0.1) is 0 Å². The van der Waals surface area contributed by atoms with Crippen LogP contribution in [0, 0.1) is 0 Å². The van der Waals surface area contributed by atoms with Crippen molar-refractivity contribution in [2.24, 2.45) is 0 Å². The van der Waals surface area contributed by atoms with Gasteiger partial charge in [-0.05, 0) is 36.2 Å². The molecule has 0 radical (unpaired) electrons. The molecule has 2 amide bonds. The Labute approximate surface area is 223 Å². The maximum Gasteiger partial charge on any atom is 0.250 e. The molecule has 5 N–H and O–H groups in total. The van der Waals surface area contributed by atoms with Crippen molar-refractivity contribution in [3.05, 3.63) is 108 Å². The van der Waals surface area contributed by atoms with Crippen LogP contribution < -0.4 is 10.6 Å². The molecular weight excluding hydrogens is 490 g/mol. The fourth-order valence-corrected chi connectivity index (χ4v) is 5.46. The molecule has 8 heteroatoms. The van der Waals surface area contributed by atoms with Gasteiger partial charge in [-0.25, -0.2) is 0 Å². The fraction of sp³-hybridized carbons (Fsp3) is 0.129. The zero-order valence-corrected chi connectivity index (χ0v) is 21.5. The lowest BCUT2D eigenvalue weighted by Gasteiger charge is -2.30. The summed E-state index contributed by atoms with van der Waals surface area (Å²) in [7, 11) is 1.45. The number of hydrogen-bond donors (Lipinski definition) is 5. The monoisotopic (exact) mass is 517 g/mol. The molecule has 0 spiro atoms. The number of ketones is 1. The minimum atomic E-state index is -1.43. The summed E-state index contributed by atoms with van der Waals surface area (Å²) >= 11 is 0. The molecule has 0 fully saturated rings. The van der Waals surface area contributed by atoms with E-state index in [1.165, 1.54) is 7.05 Å². The second-order valence-corrected chi connectivity index (χ2v) is 9.75. The van der Waals surface area contributed by atoms with Gasteiger partial charge in [0, 0.05) is 63.9 Å². The molecular formula is C31H27N5O3. The Kier molecular flexibility index (Phi) is 5.80. The van der Waals surface area contributed by atoms with Gasteiger partial charge in [-0.1, -0.05) is 54.6 Å². The standard InChI is InChI=1S/C31H27N5O3/c1-31(22-16-34-25-13-7-4-10-19(22)25,23-17-35-26-14-8-5-11-20(23)26)30(39)36-27(29(38)32-2)28(37)21-15-33-24-12-6-3-9-18(21)24/h3-17,27,33-35H,1-2H3,(H,32,38)(H,36,39)/t27-/m1/s1. The first kappa shape index (κ1) is 24.2. The van der Waals surface area contributed by atoms with Gasteiger partial charge in [-0.15, -0.1) is 0 Å². The van der Waals surface area contributed by atoms with Crippen molar-refractivity contribution in [3.8, 4) is 0 Å². The minimum Gasteiger partial charge on any atom is -0.361 e. The van der Waals surface area contributed by atoms with Crippen molar-refractivity contribution >= 4 is 50.3 Å². The predicted molar refractivity (Wildman–Crippen MR) is 152 cm³/mol. The van der Waals surface area contributed by atoms with Crippen LogP contribution in [0.25, 0.3) is 32.7 Å². The summed E-state index contributed by atoms with van der Waals surface area (Å²) < 4.78 is 0. The highest BCUT2D eigenvalue weighted by Crippen LogP contribution is 2.40. The number of nitrogens with one attached hydrogen (secondary N) is 5. The molecule has 0 aliphatic carbocycles. The lowest BCUT2D eigenvalue weighted by Crippen LogP contribution is -2.55. The van der Waals surface area contributed by atoms with E-state index in [-0.39, 0.29) is 0 Å². The maximum atomic E-state index is 14.4. The summed E-state index contributed by atoms with van der Waals surface area (Å²) in [5.41, 5.74) is 3.07. The summed E-state index contributed by atoms with van der Waals surface area (Å²) in [5, 5.41) is 7.80. The molecule has 3 aromatic heterocycles. The number of amides is 2. The Morgan fingerprint density at radius 1 is 0.692 bits per heavy atom. The zero-order valence-electron chi connectivity index (χ0n) is 21.5. The first-order valence-corrected chi connectivity index (χ1v) is 12.7. The van der Waals surface area contributed by atoms with Gasteiger partial charge in [-0.2, -0.15) is 0 Å². The predicted octanol–water partition coefficient (Wildman–Crippen LogP) is 4.55. The van der Waals surface area contributed by atoms with E-state index in [1.807, 2.05) is 92.1 Å². The molecule has 6 aromatic rings. The van der Waals surface area contributed by atoms with Gasteiger partial charge in [0.25, 0.3) is 0 Å². The normalized spacial score (nSPS) is 12.6. The van der Waals surface area contributed by atoms with Crippen molar-refractivity contribution in [1.29, 1.82) is 0 Å². The average molecular weight is 518 g/mol. The highest BCUT2D eigenvalue weighted by atomic mass is 16.2. The van der Waals surface area contributed by atoms with E-state index in [0.29, 0.717) is 10.9 Å². The van der Waals surface area contributed by atoms with Gasteiger partial charge in [0.15, 0.2) is 11.8 Å². The number of rotatable bonds is 7. The van der Waals surface area contributed by atoms with E-state index < -0.39 is 29.1 Å². The Morgan fingerprint density at radius 2 is 1.15 bits per heavy atom. The highest BCUT2D eigenvalue weighted by Gasteiger charge is 2.43. The number of likely N-dealkylation sites (N-methyl/N-ethyl adjacent to an activating group) is 1. The zero-order chi connectivity index (χ0) is 27.1. The molecule has 0 saturated heterocycles. The molecule has 0 bridgehead atoms. The first-order valence-electron chi connectivity index (χ1n) is 12.7. The number of aromatic nitrogens is 3. The largest absolute Gasteiger partial charge is 0.361 e. The fourth-order valence-electron chi connectivity index (χ4n) is 5.46. The van der Waals surface area contributed by atoms with E-state index >= 15 is 0 Å². The van der Waals surface area contributed by atoms with E-state index in [9.17, 15) is 14.4 Å². The number of Topliss-reactive ketones (excluding diaryl/α,β-unsaturated/α-hetero) is 1. The third kappa shape index (κ3) is 3.80. The number of benzene rings is 3. The summed E-state index contributed by atoms with van der Waals surface area (Å²) in [5.74, 6) is -1.57. The SMILES string of the molecule is CNC(=O)[C@H](NC(=O)C(C)(c1c[nH]c2ccccc12)c1c[nH]c2ccccc12)C(=O)c1c[nH]c2ccccc12. The van der Waals surface area contributed by atoms with E-state index in [4.69, 9.17) is 0 Å². The van der Waals surface area contributed by atoms with Crippen LogP contribution in [-0.4, -0.2) is 45.6 Å². The molecule has 3 aromatic carbocycles. The van der Waals surface area contributed by atoms with Gasteiger partial charge in [0.2, 0.25) is 11.8 Å². The van der Waals surface area contributed by atoms with Crippen LogP contribution in [0.2, 0.25) is 0 Å². The minimum absolute atomic E-state index is 0.334. The Hall–Kier alpha value is -5.11. The molecule has 8 nitrogen and oxygen atoms in total. The number of carbonyl (C=O) groups is 3. The van der Waals surface area contributed by atoms with Crippen LogP contribution in [-0.2, 0) is 15.0 Å². The van der Waals surface area contributed by atoms with Crippen molar-refractivity contribution in [1.82, 2.24) is 25.6 Å². The molecule has 0 unspecified atom stereocenters. The van der Waals surface area contributed by atoms with Crippen molar-refractivity contribution in [3.63, 3.8) is 0 Å². The van der Waals surface area contributed by atoms with E-state index in [1.54, 1.807) is 6.20 Å². The lowest BCUT2D eigenvalue weighted by atomic mass is 9.74. The summed E-state index contributed by atoms with van der Waals surface area (Å²) in [4.78, 5) is 50.9. The first-order chi connectivity index (χ1) is 18.9. The second kappa shape index (κ2) is 9.33. The van der Waals surface area contributed by atoms with Crippen LogP contribution in [0.15, 0.2) is 91.4 Å². The Balaban J connectivity index is 1.48. The van der Waals surface area contributed by atoms with Crippen molar-refractivity contribution < 1.29 is 14.4 Å². The smallest absolute Gasteiger partial charge is 0.250 e. The molecule has 0 aliphatic rings. The number of aromatic amines is 3. The van der Waals surface area contributed by atoms with Gasteiger partial charge >= 0.3 is 0 Å². The summed E-state index contributed by atoms with van der Waals surface area (Å²) in [6.07, 6.45) is 5.22.